The van der Waals surface area contributed by atoms with Crippen molar-refractivity contribution in [3.63, 3.8) is 0 Å². The second-order valence-corrected chi connectivity index (χ2v) is 12.9. The summed E-state index contributed by atoms with van der Waals surface area (Å²) in [5, 5.41) is 6.82. The van der Waals surface area contributed by atoms with Crippen LogP contribution in [0.15, 0.2) is 121 Å². The van der Waals surface area contributed by atoms with Crippen molar-refractivity contribution < 1.29 is 28.7 Å². The zero-order valence-electron chi connectivity index (χ0n) is 27.5. The van der Waals surface area contributed by atoms with Gasteiger partial charge in [-0.1, -0.05) is 108 Å². The number of halogens is 2. The van der Waals surface area contributed by atoms with Crippen LogP contribution < -0.4 is 22.1 Å². The van der Waals surface area contributed by atoms with Crippen LogP contribution >= 0.6 is 23.2 Å². The van der Waals surface area contributed by atoms with Crippen molar-refractivity contribution in [3.8, 4) is 0 Å². The Morgan fingerprint density at radius 3 is 1.32 bits per heavy atom. The first-order valence-corrected chi connectivity index (χ1v) is 16.4. The third-order valence-corrected chi connectivity index (χ3v) is 8.34. The summed E-state index contributed by atoms with van der Waals surface area (Å²) < 4.78 is 10.1. The fraction of sp³-hybridized carbons (Fsp3) is 0.211. The SMILES string of the molecule is CC(Cc1cccc(Cl)c1)(NC(=O)C(N)OC(=O)/C=C\C(=O)OC(N)C(=O)NC(C)(Cc1cccc(Cl)c1)c1ccccc1)c1ccccc1. The summed E-state index contributed by atoms with van der Waals surface area (Å²) >= 11 is 12.3. The number of esters is 2. The first-order valence-electron chi connectivity index (χ1n) is 15.6. The Morgan fingerprint density at radius 1 is 0.620 bits per heavy atom. The van der Waals surface area contributed by atoms with Crippen molar-refractivity contribution in [2.45, 2.75) is 50.2 Å². The molecule has 6 N–H and O–H groups in total. The molecular formula is C38H38Cl2N4O6. The van der Waals surface area contributed by atoms with E-state index >= 15 is 0 Å². The molecule has 260 valence electrons. The van der Waals surface area contributed by atoms with Crippen LogP contribution in [0.3, 0.4) is 0 Å². The standard InChI is InChI=1S/C38H38Cl2N4O6/c1-37(27-13-5-3-6-14-27,23-25-11-9-17-29(39)21-25)43-35(47)33(41)49-31(45)19-20-32(46)50-34(42)36(48)44-38(2,28-15-7-4-8-16-28)24-26-12-10-18-30(40)22-26/h3-22,33-34H,23-24,41-42H2,1-2H3,(H,43,47)(H,44,48)/b20-19-. The molecule has 0 radical (unpaired) electrons. The fourth-order valence-corrected chi connectivity index (χ4v) is 5.84. The van der Waals surface area contributed by atoms with E-state index in [2.05, 4.69) is 10.6 Å². The van der Waals surface area contributed by atoms with Crippen molar-refractivity contribution in [1.82, 2.24) is 10.6 Å². The number of nitrogens with two attached hydrogens (primary N) is 2. The van der Waals surface area contributed by atoms with E-state index in [9.17, 15) is 19.2 Å². The number of carbonyl (C=O) groups is 4. The number of rotatable bonds is 14. The highest BCUT2D eigenvalue weighted by molar-refractivity contribution is 6.30. The molecule has 0 aromatic heterocycles. The Kier molecular flexibility index (Phi) is 12.9. The molecule has 0 saturated heterocycles. The predicted molar refractivity (Wildman–Crippen MR) is 191 cm³/mol. The molecule has 0 bridgehead atoms. The van der Waals surface area contributed by atoms with Gasteiger partial charge in [-0.3, -0.25) is 21.1 Å². The highest BCUT2D eigenvalue weighted by atomic mass is 35.5. The Balaban J connectivity index is 1.34. The summed E-state index contributed by atoms with van der Waals surface area (Å²) in [4.78, 5) is 51.2. The van der Waals surface area contributed by atoms with Gasteiger partial charge >= 0.3 is 11.9 Å². The first-order chi connectivity index (χ1) is 23.8. The monoisotopic (exact) mass is 716 g/mol. The molecule has 0 saturated carbocycles. The van der Waals surface area contributed by atoms with Gasteiger partial charge in [-0.05, 0) is 73.2 Å². The number of benzene rings is 4. The third-order valence-electron chi connectivity index (χ3n) is 7.87. The van der Waals surface area contributed by atoms with E-state index < -0.39 is 47.3 Å². The average Bonchev–Trinajstić information content (AvgIpc) is 3.08. The van der Waals surface area contributed by atoms with E-state index in [1.54, 1.807) is 36.4 Å². The zero-order chi connectivity index (χ0) is 36.3. The molecule has 0 aliphatic heterocycles. The maximum absolute atomic E-state index is 13.1. The van der Waals surface area contributed by atoms with Gasteiger partial charge in [0, 0.05) is 22.2 Å². The number of hydrogen-bond donors (Lipinski definition) is 4. The van der Waals surface area contributed by atoms with E-state index in [0.29, 0.717) is 22.9 Å². The molecule has 50 heavy (non-hydrogen) atoms. The van der Waals surface area contributed by atoms with Crippen molar-refractivity contribution in [2.75, 3.05) is 0 Å². The van der Waals surface area contributed by atoms with E-state index in [-0.39, 0.29) is 0 Å². The average molecular weight is 718 g/mol. The molecule has 0 aliphatic carbocycles. The fourth-order valence-electron chi connectivity index (χ4n) is 5.42. The maximum atomic E-state index is 13.1. The van der Waals surface area contributed by atoms with E-state index in [1.807, 2.05) is 86.6 Å². The topological polar surface area (TPSA) is 163 Å². The van der Waals surface area contributed by atoms with Crippen LogP contribution in [-0.2, 0) is 52.6 Å². The van der Waals surface area contributed by atoms with E-state index in [4.69, 9.17) is 44.1 Å². The van der Waals surface area contributed by atoms with Gasteiger partial charge in [0.05, 0.1) is 11.1 Å². The first kappa shape index (κ1) is 37.8. The number of hydrogen-bond acceptors (Lipinski definition) is 8. The number of amides is 2. The second kappa shape index (κ2) is 17.1. The largest absolute Gasteiger partial charge is 0.434 e. The second-order valence-electron chi connectivity index (χ2n) is 12.0. The molecule has 0 aliphatic rings. The molecule has 2 amide bonds. The Labute approximate surface area is 300 Å². The van der Waals surface area contributed by atoms with E-state index in [1.165, 1.54) is 0 Å². The van der Waals surface area contributed by atoms with Gasteiger partial charge in [-0.2, -0.15) is 0 Å². The van der Waals surface area contributed by atoms with Gasteiger partial charge in [0.25, 0.3) is 11.8 Å². The highest BCUT2D eigenvalue weighted by Gasteiger charge is 2.33. The summed E-state index contributed by atoms with van der Waals surface area (Å²) in [7, 11) is 0. The number of nitrogens with one attached hydrogen (secondary N) is 2. The lowest BCUT2D eigenvalue weighted by Crippen LogP contribution is -2.52. The Hall–Kier alpha value is -5.00. The van der Waals surface area contributed by atoms with Crippen LogP contribution in [0.1, 0.15) is 36.1 Å². The lowest BCUT2D eigenvalue weighted by Gasteiger charge is -2.33. The van der Waals surface area contributed by atoms with Crippen molar-refractivity contribution in [1.29, 1.82) is 0 Å². The summed E-state index contributed by atoms with van der Waals surface area (Å²) in [5.41, 5.74) is 13.2. The van der Waals surface area contributed by atoms with Gasteiger partial charge in [0.15, 0.2) is 0 Å². The molecule has 4 atom stereocenters. The Morgan fingerprint density at radius 2 is 0.980 bits per heavy atom. The minimum atomic E-state index is -1.71. The van der Waals surface area contributed by atoms with E-state index in [0.717, 1.165) is 34.4 Å². The summed E-state index contributed by atoms with van der Waals surface area (Å²) in [6.07, 6.45) is -1.28. The summed E-state index contributed by atoms with van der Waals surface area (Å²) in [6, 6.07) is 32.9. The number of ether oxygens (including phenoxy) is 2. The van der Waals surface area contributed by atoms with Crippen LogP contribution in [0.2, 0.25) is 10.0 Å². The Bertz CT molecular complexity index is 1710. The normalized spacial score (nSPS) is 14.8. The minimum Gasteiger partial charge on any atom is -0.434 e. The molecule has 4 unspecified atom stereocenters. The minimum absolute atomic E-state index is 0.356. The molecule has 10 nitrogen and oxygen atoms in total. The van der Waals surface area contributed by atoms with Crippen LogP contribution in [0.5, 0.6) is 0 Å². The smallest absolute Gasteiger partial charge is 0.333 e. The molecule has 0 heterocycles. The van der Waals surface area contributed by atoms with Crippen molar-refractivity contribution in [2.24, 2.45) is 11.5 Å². The van der Waals surface area contributed by atoms with Gasteiger partial charge < -0.3 is 20.1 Å². The molecule has 12 heteroatoms. The molecule has 0 fully saturated rings. The van der Waals surface area contributed by atoms with Crippen molar-refractivity contribution in [3.05, 3.63) is 154 Å². The highest BCUT2D eigenvalue weighted by Crippen LogP contribution is 2.28. The molecule has 0 spiro atoms. The van der Waals surface area contributed by atoms with Crippen LogP contribution in [-0.4, -0.2) is 36.2 Å². The van der Waals surface area contributed by atoms with Crippen molar-refractivity contribution >= 4 is 47.0 Å². The zero-order valence-corrected chi connectivity index (χ0v) is 29.0. The summed E-state index contributed by atoms with van der Waals surface area (Å²) in [6.45, 7) is 3.62. The predicted octanol–water partition coefficient (Wildman–Crippen LogP) is 5.05. The van der Waals surface area contributed by atoms with Gasteiger partial charge in [-0.15, -0.1) is 0 Å². The molecule has 4 aromatic rings. The van der Waals surface area contributed by atoms with Crippen LogP contribution in [0.25, 0.3) is 0 Å². The van der Waals surface area contributed by atoms with Crippen LogP contribution in [0, 0.1) is 0 Å². The summed E-state index contributed by atoms with van der Waals surface area (Å²) in [5.74, 6) is -3.75. The van der Waals surface area contributed by atoms with Gasteiger partial charge in [0.1, 0.15) is 0 Å². The lowest BCUT2D eigenvalue weighted by atomic mass is 9.85. The molecule has 4 aromatic carbocycles. The van der Waals surface area contributed by atoms with Gasteiger partial charge in [0.2, 0.25) is 12.5 Å². The van der Waals surface area contributed by atoms with Crippen LogP contribution in [0.4, 0.5) is 0 Å². The number of carbonyl (C=O) groups excluding carboxylic acids is 4. The quantitative estimate of drug-likeness (QED) is 0.0800. The molecular weight excluding hydrogens is 679 g/mol. The lowest BCUT2D eigenvalue weighted by molar-refractivity contribution is -0.153. The molecule has 4 rings (SSSR count). The van der Waals surface area contributed by atoms with Gasteiger partial charge in [-0.25, -0.2) is 9.59 Å². The maximum Gasteiger partial charge on any atom is 0.333 e. The third kappa shape index (κ3) is 10.8.